The van der Waals surface area contributed by atoms with E-state index >= 15 is 0 Å². The average Bonchev–Trinajstić information content (AvgIpc) is 3.26. The monoisotopic (exact) mass is 501 g/mol. The molecule has 7 heteroatoms. The van der Waals surface area contributed by atoms with Crippen molar-refractivity contribution >= 4 is 16.9 Å². The number of ether oxygens (including phenoxy) is 3. The molecule has 0 spiro atoms. The molecule has 0 radical (unpaired) electrons. The minimum atomic E-state index is -0.0194. The Morgan fingerprint density at radius 2 is 1.78 bits per heavy atom. The molecule has 4 aromatic rings. The zero-order valence-electron chi connectivity index (χ0n) is 21.8. The van der Waals surface area contributed by atoms with Crippen LogP contribution in [0.25, 0.3) is 11.0 Å². The molecule has 0 aliphatic carbocycles. The molecule has 0 saturated carbocycles. The Bertz CT molecular complexity index is 1330. The summed E-state index contributed by atoms with van der Waals surface area (Å²) in [4.78, 5) is 17.3. The standard InChI is InChI=1S/C30H35N3O4/c1-22-9-6-10-24(19-22)37-18-8-17-33-26-12-5-4-11-25(26)32-29(33)13-7-16-31-30(34)21-23-14-15-27(35-2)28(20-23)36-3/h4-6,9-12,14-15,19-20H,7-8,13,16-18,21H2,1-3H3,(H,31,34). The predicted molar refractivity (Wildman–Crippen MR) is 146 cm³/mol. The van der Waals surface area contributed by atoms with E-state index in [9.17, 15) is 4.79 Å². The van der Waals surface area contributed by atoms with E-state index in [4.69, 9.17) is 19.2 Å². The second-order valence-electron chi connectivity index (χ2n) is 9.01. The quantitative estimate of drug-likeness (QED) is 0.257. The molecule has 1 aromatic heterocycles. The lowest BCUT2D eigenvalue weighted by Gasteiger charge is -2.11. The van der Waals surface area contributed by atoms with Crippen LogP contribution in [0, 0.1) is 6.92 Å². The smallest absolute Gasteiger partial charge is 0.224 e. The fourth-order valence-electron chi connectivity index (χ4n) is 4.40. The number of methoxy groups -OCH3 is 2. The molecule has 0 aliphatic heterocycles. The molecule has 4 rings (SSSR count). The van der Waals surface area contributed by atoms with Gasteiger partial charge in [0.1, 0.15) is 11.6 Å². The molecule has 0 aliphatic rings. The lowest BCUT2D eigenvalue weighted by Crippen LogP contribution is -2.26. The molecule has 0 atom stereocenters. The number of hydrogen-bond acceptors (Lipinski definition) is 5. The average molecular weight is 502 g/mol. The van der Waals surface area contributed by atoms with Crippen molar-refractivity contribution in [2.24, 2.45) is 0 Å². The SMILES string of the molecule is COc1ccc(CC(=O)NCCCc2nc3ccccc3n2CCCOc2cccc(C)c2)cc1OC. The Labute approximate surface area is 218 Å². The fourth-order valence-corrected chi connectivity index (χ4v) is 4.40. The van der Waals surface area contributed by atoms with Crippen LogP contribution in [0.4, 0.5) is 0 Å². The molecule has 194 valence electrons. The van der Waals surface area contributed by atoms with E-state index in [1.165, 1.54) is 5.56 Å². The van der Waals surface area contributed by atoms with Gasteiger partial charge in [-0.3, -0.25) is 4.79 Å². The van der Waals surface area contributed by atoms with Gasteiger partial charge in [0.25, 0.3) is 0 Å². The highest BCUT2D eigenvalue weighted by atomic mass is 16.5. The van der Waals surface area contributed by atoms with Crippen LogP contribution in [0.1, 0.15) is 29.8 Å². The number of amides is 1. The highest BCUT2D eigenvalue weighted by Gasteiger charge is 2.12. The van der Waals surface area contributed by atoms with E-state index in [0.29, 0.717) is 31.1 Å². The van der Waals surface area contributed by atoms with Gasteiger partial charge in [0.2, 0.25) is 5.91 Å². The number of nitrogens with one attached hydrogen (secondary N) is 1. The van der Waals surface area contributed by atoms with Crippen LogP contribution in [0.15, 0.2) is 66.7 Å². The Hall–Kier alpha value is -4.00. The van der Waals surface area contributed by atoms with Crippen LogP contribution < -0.4 is 19.5 Å². The molecule has 0 saturated heterocycles. The van der Waals surface area contributed by atoms with E-state index in [-0.39, 0.29) is 5.91 Å². The number of rotatable bonds is 13. The fraction of sp³-hybridized carbons (Fsp3) is 0.333. The maximum absolute atomic E-state index is 12.5. The predicted octanol–water partition coefficient (Wildman–Crippen LogP) is 5.12. The summed E-state index contributed by atoms with van der Waals surface area (Å²) in [6.45, 7) is 4.12. The van der Waals surface area contributed by atoms with Gasteiger partial charge in [-0.25, -0.2) is 4.98 Å². The van der Waals surface area contributed by atoms with Gasteiger partial charge in [0.05, 0.1) is 38.3 Å². The van der Waals surface area contributed by atoms with Crippen molar-refractivity contribution in [2.45, 2.75) is 39.2 Å². The van der Waals surface area contributed by atoms with E-state index in [2.05, 4.69) is 35.0 Å². The summed E-state index contributed by atoms with van der Waals surface area (Å²) < 4.78 is 18.8. The second kappa shape index (κ2) is 12.8. The van der Waals surface area contributed by atoms with Crippen molar-refractivity contribution in [1.82, 2.24) is 14.9 Å². The van der Waals surface area contributed by atoms with Gasteiger partial charge in [0.15, 0.2) is 11.5 Å². The Morgan fingerprint density at radius 3 is 2.59 bits per heavy atom. The lowest BCUT2D eigenvalue weighted by molar-refractivity contribution is -0.120. The Kier molecular flexibility index (Phi) is 9.03. The third-order valence-corrected chi connectivity index (χ3v) is 6.23. The summed E-state index contributed by atoms with van der Waals surface area (Å²) in [6.07, 6.45) is 2.76. The number of fused-ring (bicyclic) bond motifs is 1. The molecular weight excluding hydrogens is 466 g/mol. The first kappa shape index (κ1) is 26.1. The molecule has 1 heterocycles. The van der Waals surface area contributed by atoms with E-state index in [0.717, 1.165) is 54.0 Å². The molecule has 1 amide bonds. The van der Waals surface area contributed by atoms with Crippen LogP contribution in [0.3, 0.4) is 0 Å². The zero-order chi connectivity index (χ0) is 26.0. The summed E-state index contributed by atoms with van der Waals surface area (Å²) in [5.41, 5.74) is 4.20. The third kappa shape index (κ3) is 7.03. The number of imidazole rings is 1. The largest absolute Gasteiger partial charge is 0.494 e. The lowest BCUT2D eigenvalue weighted by atomic mass is 10.1. The van der Waals surface area contributed by atoms with Crippen LogP contribution in [0.2, 0.25) is 0 Å². The van der Waals surface area contributed by atoms with Crippen LogP contribution in [-0.4, -0.2) is 42.8 Å². The minimum Gasteiger partial charge on any atom is -0.494 e. The summed E-state index contributed by atoms with van der Waals surface area (Å²) in [5, 5.41) is 3.03. The molecule has 7 nitrogen and oxygen atoms in total. The number of para-hydroxylation sites is 2. The van der Waals surface area contributed by atoms with E-state index in [1.807, 2.05) is 48.5 Å². The first-order valence-electron chi connectivity index (χ1n) is 12.7. The number of benzene rings is 3. The van der Waals surface area contributed by atoms with Crippen molar-refractivity contribution in [3.8, 4) is 17.2 Å². The summed E-state index contributed by atoms with van der Waals surface area (Å²) >= 11 is 0. The highest BCUT2D eigenvalue weighted by molar-refractivity contribution is 5.79. The van der Waals surface area contributed by atoms with Gasteiger partial charge >= 0.3 is 0 Å². The van der Waals surface area contributed by atoms with Crippen molar-refractivity contribution in [1.29, 1.82) is 0 Å². The summed E-state index contributed by atoms with van der Waals surface area (Å²) in [7, 11) is 3.18. The number of nitrogens with zero attached hydrogens (tertiary/aromatic N) is 2. The van der Waals surface area contributed by atoms with Crippen molar-refractivity contribution in [2.75, 3.05) is 27.4 Å². The number of hydrogen-bond donors (Lipinski definition) is 1. The van der Waals surface area contributed by atoms with Gasteiger partial charge in [-0.15, -0.1) is 0 Å². The van der Waals surface area contributed by atoms with Gasteiger partial charge in [0, 0.05) is 19.5 Å². The van der Waals surface area contributed by atoms with Crippen molar-refractivity contribution in [3.63, 3.8) is 0 Å². The van der Waals surface area contributed by atoms with Gasteiger partial charge < -0.3 is 24.1 Å². The Morgan fingerprint density at radius 1 is 0.946 bits per heavy atom. The molecule has 0 bridgehead atoms. The van der Waals surface area contributed by atoms with Gasteiger partial charge in [-0.2, -0.15) is 0 Å². The van der Waals surface area contributed by atoms with Gasteiger partial charge in [-0.1, -0.05) is 30.3 Å². The third-order valence-electron chi connectivity index (χ3n) is 6.23. The number of carbonyl (C=O) groups is 1. The molecule has 3 aromatic carbocycles. The topological polar surface area (TPSA) is 74.6 Å². The minimum absolute atomic E-state index is 0.0194. The van der Waals surface area contributed by atoms with Gasteiger partial charge in [-0.05, 0) is 67.3 Å². The first-order chi connectivity index (χ1) is 18.1. The first-order valence-corrected chi connectivity index (χ1v) is 12.7. The highest BCUT2D eigenvalue weighted by Crippen LogP contribution is 2.27. The molecule has 0 unspecified atom stereocenters. The van der Waals surface area contributed by atoms with Crippen LogP contribution >= 0.6 is 0 Å². The maximum Gasteiger partial charge on any atom is 0.224 e. The normalized spacial score (nSPS) is 10.9. The molecule has 0 fully saturated rings. The van der Waals surface area contributed by atoms with Crippen LogP contribution in [-0.2, 0) is 24.2 Å². The molecular formula is C30H35N3O4. The van der Waals surface area contributed by atoms with Crippen LogP contribution in [0.5, 0.6) is 17.2 Å². The number of carbonyl (C=O) groups excluding carboxylic acids is 1. The Balaban J connectivity index is 1.28. The number of aryl methyl sites for hydroxylation is 3. The summed E-state index contributed by atoms with van der Waals surface area (Å²) in [5.74, 6) is 3.19. The second-order valence-corrected chi connectivity index (χ2v) is 9.01. The van der Waals surface area contributed by atoms with E-state index < -0.39 is 0 Å². The van der Waals surface area contributed by atoms with E-state index in [1.54, 1.807) is 14.2 Å². The van der Waals surface area contributed by atoms with Crippen molar-refractivity contribution < 1.29 is 19.0 Å². The van der Waals surface area contributed by atoms with Crippen molar-refractivity contribution in [3.05, 3.63) is 83.7 Å². The molecule has 37 heavy (non-hydrogen) atoms. The summed E-state index contributed by atoms with van der Waals surface area (Å²) in [6, 6.07) is 21.9. The molecule has 1 N–H and O–H groups in total. The maximum atomic E-state index is 12.5. The number of aromatic nitrogens is 2. The zero-order valence-corrected chi connectivity index (χ0v) is 21.8.